The zero-order chi connectivity index (χ0) is 15.9. The number of aromatic nitrogens is 1. The number of nitrogens with zero attached hydrogens (tertiary/aromatic N) is 2. The van der Waals surface area contributed by atoms with Crippen LogP contribution in [0.2, 0.25) is 0 Å². The molecule has 3 rings (SSSR count). The Balaban J connectivity index is 1.85. The van der Waals surface area contributed by atoms with Crippen LogP contribution >= 0.6 is 0 Å². The predicted octanol–water partition coefficient (Wildman–Crippen LogP) is 1.93. The highest BCUT2D eigenvalue weighted by molar-refractivity contribution is 5.26. The first kappa shape index (κ1) is 15.0. The van der Waals surface area contributed by atoms with Gasteiger partial charge in [0.2, 0.25) is 5.43 Å². The van der Waals surface area contributed by atoms with E-state index in [1.54, 1.807) is 11.5 Å². The minimum absolute atomic E-state index is 0.295. The summed E-state index contributed by atoms with van der Waals surface area (Å²) < 4.78 is 30.8. The van der Waals surface area contributed by atoms with Crippen LogP contribution in [0.1, 0.15) is 12.6 Å². The van der Waals surface area contributed by atoms with Crippen molar-refractivity contribution in [1.82, 2.24) is 9.47 Å². The summed E-state index contributed by atoms with van der Waals surface area (Å²) in [6.07, 6.45) is 5.22. The third kappa shape index (κ3) is 2.37. The Morgan fingerprint density at radius 2 is 2.18 bits per heavy atom. The van der Waals surface area contributed by atoms with Crippen molar-refractivity contribution in [3.05, 3.63) is 52.5 Å². The van der Waals surface area contributed by atoms with Gasteiger partial charge in [-0.1, -0.05) is 12.2 Å². The molecule has 1 aromatic heterocycles. The number of allylic oxidation sites excluding steroid dienone is 3. The van der Waals surface area contributed by atoms with E-state index < -0.39 is 23.3 Å². The van der Waals surface area contributed by atoms with Crippen LogP contribution in [0.5, 0.6) is 5.75 Å². The lowest BCUT2D eigenvalue weighted by molar-refractivity contribution is 0.0104. The first-order chi connectivity index (χ1) is 10.4. The smallest absolute Gasteiger partial charge is 0.223 e. The highest BCUT2D eigenvalue weighted by Gasteiger charge is 2.45. The zero-order valence-corrected chi connectivity index (χ0v) is 12.2. The molecule has 0 bridgehead atoms. The lowest BCUT2D eigenvalue weighted by Crippen LogP contribution is -2.54. The topological polar surface area (TPSA) is 45.5 Å². The molecule has 4 nitrogen and oxygen atoms in total. The predicted molar refractivity (Wildman–Crippen MR) is 79.3 cm³/mol. The van der Waals surface area contributed by atoms with E-state index in [4.69, 9.17) is 0 Å². The van der Waals surface area contributed by atoms with E-state index in [0.717, 1.165) is 0 Å². The number of pyridine rings is 1. The molecule has 118 valence electrons. The van der Waals surface area contributed by atoms with Crippen LogP contribution in [0, 0.1) is 0 Å². The molecule has 0 radical (unpaired) electrons. The average molecular weight is 308 g/mol. The van der Waals surface area contributed by atoms with Gasteiger partial charge in [0.25, 0.3) is 0 Å². The number of aromatic hydroxyl groups is 1. The standard InChI is InChI=1S/C16H18F2N2O2/c1-11(16(18)5-3-2-4-15(16)17)19-6-7-20-10-14(22)13(21)8-12(20)9-19/h2-5,8,10-11,15,22H,6-7,9H2,1H3. The molecular weight excluding hydrogens is 290 g/mol. The first-order valence-corrected chi connectivity index (χ1v) is 7.27. The summed E-state index contributed by atoms with van der Waals surface area (Å²) in [6.45, 7) is 3.03. The van der Waals surface area contributed by atoms with Crippen LogP contribution in [-0.2, 0) is 13.1 Å². The highest BCUT2D eigenvalue weighted by Crippen LogP contribution is 2.33. The molecule has 22 heavy (non-hydrogen) atoms. The van der Waals surface area contributed by atoms with E-state index in [-0.39, 0.29) is 5.75 Å². The Morgan fingerprint density at radius 1 is 1.41 bits per heavy atom. The van der Waals surface area contributed by atoms with E-state index in [1.165, 1.54) is 36.6 Å². The molecule has 1 aromatic rings. The second kappa shape index (κ2) is 5.35. The summed E-state index contributed by atoms with van der Waals surface area (Å²) in [5, 5.41) is 9.46. The van der Waals surface area contributed by atoms with E-state index in [2.05, 4.69) is 0 Å². The normalized spacial score (nSPS) is 29.3. The molecule has 3 atom stereocenters. The van der Waals surface area contributed by atoms with E-state index in [1.807, 2.05) is 4.90 Å². The first-order valence-electron chi connectivity index (χ1n) is 7.27. The molecule has 0 spiro atoms. The molecule has 2 heterocycles. The van der Waals surface area contributed by atoms with Crippen molar-refractivity contribution in [2.24, 2.45) is 0 Å². The average Bonchev–Trinajstić information content (AvgIpc) is 2.50. The Morgan fingerprint density at radius 3 is 2.91 bits per heavy atom. The van der Waals surface area contributed by atoms with Crippen molar-refractivity contribution in [2.75, 3.05) is 6.54 Å². The summed E-state index contributed by atoms with van der Waals surface area (Å²) >= 11 is 0. The van der Waals surface area contributed by atoms with Crippen LogP contribution in [0.4, 0.5) is 8.78 Å². The van der Waals surface area contributed by atoms with Gasteiger partial charge in [0, 0.05) is 37.4 Å². The minimum Gasteiger partial charge on any atom is -0.503 e. The maximum absolute atomic E-state index is 15.0. The van der Waals surface area contributed by atoms with Crippen molar-refractivity contribution in [3.8, 4) is 5.75 Å². The van der Waals surface area contributed by atoms with Gasteiger partial charge in [-0.15, -0.1) is 0 Å². The molecule has 0 saturated carbocycles. The van der Waals surface area contributed by atoms with E-state index in [9.17, 15) is 14.3 Å². The number of hydrogen-bond donors (Lipinski definition) is 1. The third-order valence-electron chi connectivity index (χ3n) is 4.54. The van der Waals surface area contributed by atoms with Gasteiger partial charge in [-0.25, -0.2) is 8.78 Å². The Kier molecular flexibility index (Phi) is 3.64. The van der Waals surface area contributed by atoms with Crippen molar-refractivity contribution in [1.29, 1.82) is 0 Å². The summed E-state index contributed by atoms with van der Waals surface area (Å²) in [7, 11) is 0. The fourth-order valence-electron chi connectivity index (χ4n) is 3.05. The monoisotopic (exact) mass is 308 g/mol. The van der Waals surface area contributed by atoms with Crippen LogP contribution in [0.25, 0.3) is 0 Å². The molecule has 0 saturated heterocycles. The fraction of sp³-hybridized carbons (Fsp3) is 0.438. The quantitative estimate of drug-likeness (QED) is 0.908. The molecule has 3 unspecified atom stereocenters. The van der Waals surface area contributed by atoms with Crippen molar-refractivity contribution < 1.29 is 13.9 Å². The molecule has 0 fully saturated rings. The van der Waals surface area contributed by atoms with Crippen molar-refractivity contribution in [3.63, 3.8) is 0 Å². The van der Waals surface area contributed by atoms with Gasteiger partial charge in [0.05, 0.1) is 6.20 Å². The molecule has 0 amide bonds. The molecule has 1 aliphatic carbocycles. The summed E-state index contributed by atoms with van der Waals surface area (Å²) in [6, 6.07) is 0.684. The lowest BCUT2D eigenvalue weighted by atomic mass is 9.87. The molecule has 1 N–H and O–H groups in total. The molecule has 6 heteroatoms. The van der Waals surface area contributed by atoms with Gasteiger partial charge in [0.15, 0.2) is 17.6 Å². The van der Waals surface area contributed by atoms with Crippen molar-refractivity contribution in [2.45, 2.75) is 37.9 Å². The van der Waals surface area contributed by atoms with Gasteiger partial charge in [-0.05, 0) is 19.1 Å². The number of halogens is 2. The molecule has 0 aromatic carbocycles. The van der Waals surface area contributed by atoms with Gasteiger partial charge in [-0.3, -0.25) is 9.69 Å². The Bertz CT molecular complexity index is 698. The molecule has 1 aliphatic heterocycles. The van der Waals surface area contributed by atoms with Crippen LogP contribution in [0.15, 0.2) is 41.4 Å². The number of alkyl halides is 2. The summed E-state index contributed by atoms with van der Waals surface area (Å²) in [5.74, 6) is -0.295. The van der Waals surface area contributed by atoms with E-state index in [0.29, 0.717) is 25.3 Å². The van der Waals surface area contributed by atoms with Gasteiger partial charge in [0.1, 0.15) is 0 Å². The van der Waals surface area contributed by atoms with Crippen molar-refractivity contribution >= 4 is 0 Å². The largest absolute Gasteiger partial charge is 0.503 e. The van der Waals surface area contributed by atoms with E-state index >= 15 is 4.39 Å². The number of hydrogen-bond acceptors (Lipinski definition) is 3. The Hall–Kier alpha value is -1.95. The summed E-state index contributed by atoms with van der Waals surface area (Å²) in [4.78, 5) is 13.4. The third-order valence-corrected chi connectivity index (χ3v) is 4.54. The van der Waals surface area contributed by atoms with Crippen LogP contribution in [-0.4, -0.2) is 39.0 Å². The maximum Gasteiger partial charge on any atom is 0.223 e. The highest BCUT2D eigenvalue weighted by atomic mass is 19.2. The second-order valence-electron chi connectivity index (χ2n) is 5.83. The summed E-state index contributed by atoms with van der Waals surface area (Å²) in [5.41, 5.74) is -1.84. The van der Waals surface area contributed by atoms with Gasteiger partial charge in [-0.2, -0.15) is 0 Å². The van der Waals surface area contributed by atoms with Crippen LogP contribution < -0.4 is 5.43 Å². The minimum atomic E-state index is -2.08. The lowest BCUT2D eigenvalue weighted by Gasteiger charge is -2.41. The number of rotatable bonds is 2. The van der Waals surface area contributed by atoms with Gasteiger partial charge < -0.3 is 9.67 Å². The molecule has 2 aliphatic rings. The molecular formula is C16H18F2N2O2. The Labute approximate surface area is 127 Å². The maximum atomic E-state index is 15.0. The van der Waals surface area contributed by atoms with Gasteiger partial charge >= 0.3 is 0 Å². The van der Waals surface area contributed by atoms with Crippen LogP contribution in [0.3, 0.4) is 0 Å². The fourth-order valence-corrected chi connectivity index (χ4v) is 3.05. The zero-order valence-electron chi connectivity index (χ0n) is 12.2. The second-order valence-corrected chi connectivity index (χ2v) is 5.83. The number of fused-ring (bicyclic) bond motifs is 1. The SMILES string of the molecule is CC(N1CCn2cc(O)c(=O)cc2C1)C1(F)C=CC=CC1F.